The minimum Gasteiger partial charge on any atom is -0.493 e. The zero-order valence-electron chi connectivity index (χ0n) is 13.8. The van der Waals surface area contributed by atoms with E-state index >= 15 is 0 Å². The maximum Gasteiger partial charge on any atom is 0.228 e. The fourth-order valence-corrected chi connectivity index (χ4v) is 3.90. The van der Waals surface area contributed by atoms with Crippen LogP contribution in [0.1, 0.15) is 24.0 Å². The summed E-state index contributed by atoms with van der Waals surface area (Å²) in [5, 5.41) is 6.23. The highest BCUT2D eigenvalue weighted by Gasteiger charge is 2.60. The van der Waals surface area contributed by atoms with Crippen molar-refractivity contribution >= 4 is 11.6 Å². The van der Waals surface area contributed by atoms with E-state index in [0.29, 0.717) is 6.61 Å². The molecule has 1 fully saturated rings. The van der Waals surface area contributed by atoms with Crippen LogP contribution < -0.4 is 15.4 Å². The molecule has 1 amide bonds. The number of nitrogens with one attached hydrogen (secondary N) is 2. The number of rotatable bonds is 4. The van der Waals surface area contributed by atoms with Gasteiger partial charge in [0.1, 0.15) is 5.75 Å². The van der Waals surface area contributed by atoms with Gasteiger partial charge in [-0.15, -0.1) is 0 Å². The molecule has 2 N–H and O–H groups in total. The van der Waals surface area contributed by atoms with Gasteiger partial charge in [-0.2, -0.15) is 0 Å². The van der Waals surface area contributed by atoms with E-state index in [4.69, 9.17) is 4.74 Å². The van der Waals surface area contributed by atoms with Crippen LogP contribution in [0.25, 0.3) is 0 Å². The smallest absolute Gasteiger partial charge is 0.228 e. The Hall–Kier alpha value is -2.33. The minimum atomic E-state index is -0.0263. The van der Waals surface area contributed by atoms with Crippen LogP contribution in [0.5, 0.6) is 5.75 Å². The molecule has 0 radical (unpaired) electrons. The summed E-state index contributed by atoms with van der Waals surface area (Å²) in [4.78, 5) is 12.8. The molecule has 1 aliphatic heterocycles. The van der Waals surface area contributed by atoms with Crippen LogP contribution in [-0.2, 0) is 16.8 Å². The van der Waals surface area contributed by atoms with Crippen molar-refractivity contribution in [2.75, 3.05) is 19.0 Å². The highest BCUT2D eigenvalue weighted by molar-refractivity contribution is 5.96. The Bertz CT molecular complexity index is 774. The Morgan fingerprint density at radius 2 is 2.12 bits per heavy atom. The SMILES string of the molecule is CNCc1cccc(NC(=O)[C@@H]2C[C@]23CCOc2ccccc23)c1. The zero-order valence-corrected chi connectivity index (χ0v) is 13.8. The van der Waals surface area contributed by atoms with E-state index in [9.17, 15) is 4.79 Å². The van der Waals surface area contributed by atoms with Crippen LogP contribution >= 0.6 is 0 Å². The summed E-state index contributed by atoms with van der Waals surface area (Å²) in [6, 6.07) is 16.1. The molecule has 1 aliphatic carbocycles. The van der Waals surface area contributed by atoms with Crippen molar-refractivity contribution in [2.45, 2.75) is 24.8 Å². The highest BCUT2D eigenvalue weighted by atomic mass is 16.5. The Labute approximate surface area is 142 Å². The number of hydrogen-bond acceptors (Lipinski definition) is 3. The van der Waals surface area contributed by atoms with E-state index in [0.717, 1.165) is 36.4 Å². The number of anilines is 1. The molecule has 1 spiro atoms. The number of fused-ring (bicyclic) bond motifs is 2. The molecule has 4 nitrogen and oxygen atoms in total. The van der Waals surface area contributed by atoms with Gasteiger partial charge in [-0.3, -0.25) is 4.79 Å². The molecule has 2 atom stereocenters. The Balaban J connectivity index is 1.51. The molecule has 24 heavy (non-hydrogen) atoms. The number of carbonyl (C=O) groups excluding carboxylic acids is 1. The third-order valence-corrected chi connectivity index (χ3v) is 5.20. The predicted octanol–water partition coefficient (Wildman–Crippen LogP) is 3.08. The van der Waals surface area contributed by atoms with Gasteiger partial charge in [0.2, 0.25) is 5.91 Å². The molecule has 0 bridgehead atoms. The van der Waals surface area contributed by atoms with E-state index in [1.54, 1.807) is 0 Å². The van der Waals surface area contributed by atoms with Crippen LogP contribution in [-0.4, -0.2) is 19.6 Å². The average molecular weight is 322 g/mol. The van der Waals surface area contributed by atoms with Crippen molar-refractivity contribution in [2.24, 2.45) is 5.92 Å². The lowest BCUT2D eigenvalue weighted by Crippen LogP contribution is -2.26. The van der Waals surface area contributed by atoms with Gasteiger partial charge >= 0.3 is 0 Å². The summed E-state index contributed by atoms with van der Waals surface area (Å²) >= 11 is 0. The third kappa shape index (κ3) is 2.57. The summed E-state index contributed by atoms with van der Waals surface area (Å²) < 4.78 is 5.75. The van der Waals surface area contributed by atoms with Crippen molar-refractivity contribution in [3.8, 4) is 5.75 Å². The third-order valence-electron chi connectivity index (χ3n) is 5.20. The molecule has 1 saturated carbocycles. The van der Waals surface area contributed by atoms with Gasteiger partial charge in [0.25, 0.3) is 0 Å². The van der Waals surface area contributed by atoms with Gasteiger partial charge in [-0.1, -0.05) is 30.3 Å². The Morgan fingerprint density at radius 1 is 1.25 bits per heavy atom. The Kier molecular flexibility index (Phi) is 3.77. The lowest BCUT2D eigenvalue weighted by atomic mass is 9.87. The molecule has 2 aromatic carbocycles. The summed E-state index contributed by atoms with van der Waals surface area (Å²) in [6.45, 7) is 1.49. The van der Waals surface area contributed by atoms with Crippen molar-refractivity contribution in [3.05, 3.63) is 59.7 Å². The molecule has 4 heteroatoms. The van der Waals surface area contributed by atoms with Crippen LogP contribution in [0.2, 0.25) is 0 Å². The zero-order chi connectivity index (χ0) is 16.6. The van der Waals surface area contributed by atoms with Crippen LogP contribution in [0.15, 0.2) is 48.5 Å². The van der Waals surface area contributed by atoms with Crippen molar-refractivity contribution in [1.29, 1.82) is 0 Å². The number of ether oxygens (including phenoxy) is 1. The molecule has 0 aromatic heterocycles. The van der Waals surface area contributed by atoms with E-state index in [1.807, 2.05) is 43.4 Å². The molecule has 124 valence electrons. The van der Waals surface area contributed by atoms with Crippen LogP contribution in [0.4, 0.5) is 5.69 Å². The maximum atomic E-state index is 12.8. The van der Waals surface area contributed by atoms with E-state index in [1.165, 1.54) is 5.56 Å². The quantitative estimate of drug-likeness (QED) is 0.909. The van der Waals surface area contributed by atoms with Gasteiger partial charge < -0.3 is 15.4 Å². The van der Waals surface area contributed by atoms with Gasteiger partial charge in [-0.05, 0) is 43.7 Å². The molecule has 0 unspecified atom stereocenters. The summed E-state index contributed by atoms with van der Waals surface area (Å²) in [6.07, 6.45) is 1.83. The van der Waals surface area contributed by atoms with E-state index in [-0.39, 0.29) is 17.2 Å². The molecular weight excluding hydrogens is 300 g/mol. The highest BCUT2D eigenvalue weighted by Crippen LogP contribution is 2.60. The number of amides is 1. The summed E-state index contributed by atoms with van der Waals surface area (Å²) in [5.74, 6) is 1.10. The van der Waals surface area contributed by atoms with Crippen molar-refractivity contribution in [1.82, 2.24) is 5.32 Å². The van der Waals surface area contributed by atoms with Crippen LogP contribution in [0.3, 0.4) is 0 Å². The standard InChI is InChI=1S/C20H22N2O2/c1-21-13-14-5-4-6-15(11-14)22-19(23)17-12-20(17)9-10-24-18-8-3-2-7-16(18)20/h2-8,11,17,21H,9-10,12-13H2,1H3,(H,22,23)/t17-,20-/m0/s1. The second kappa shape index (κ2) is 5.95. The average Bonchev–Trinajstić information content (AvgIpc) is 3.31. The topological polar surface area (TPSA) is 50.4 Å². The molecule has 1 heterocycles. The van der Waals surface area contributed by atoms with E-state index in [2.05, 4.69) is 22.8 Å². The molecule has 2 aliphatic rings. The van der Waals surface area contributed by atoms with Gasteiger partial charge in [0.05, 0.1) is 6.61 Å². The predicted molar refractivity (Wildman–Crippen MR) is 94.2 cm³/mol. The normalized spacial score (nSPS) is 24.1. The molecule has 0 saturated heterocycles. The van der Waals surface area contributed by atoms with Gasteiger partial charge in [0, 0.05) is 29.1 Å². The molecule has 2 aromatic rings. The van der Waals surface area contributed by atoms with E-state index < -0.39 is 0 Å². The molecule has 4 rings (SSSR count). The number of para-hydroxylation sites is 1. The first-order valence-electron chi connectivity index (χ1n) is 8.50. The fourth-order valence-electron chi connectivity index (χ4n) is 3.90. The van der Waals surface area contributed by atoms with Gasteiger partial charge in [-0.25, -0.2) is 0 Å². The van der Waals surface area contributed by atoms with Gasteiger partial charge in [0.15, 0.2) is 0 Å². The first kappa shape index (κ1) is 15.2. The fraction of sp³-hybridized carbons (Fsp3) is 0.350. The lowest BCUT2D eigenvalue weighted by molar-refractivity contribution is -0.117. The first-order valence-corrected chi connectivity index (χ1v) is 8.50. The lowest BCUT2D eigenvalue weighted by Gasteiger charge is -2.26. The van der Waals surface area contributed by atoms with Crippen molar-refractivity contribution < 1.29 is 9.53 Å². The Morgan fingerprint density at radius 3 is 3.00 bits per heavy atom. The number of carbonyl (C=O) groups is 1. The van der Waals surface area contributed by atoms with Crippen LogP contribution in [0, 0.1) is 5.92 Å². The van der Waals surface area contributed by atoms with Crippen molar-refractivity contribution in [3.63, 3.8) is 0 Å². The number of benzene rings is 2. The summed E-state index contributed by atoms with van der Waals surface area (Å²) in [7, 11) is 1.92. The first-order chi connectivity index (χ1) is 11.7. The largest absolute Gasteiger partial charge is 0.493 e. The number of hydrogen-bond donors (Lipinski definition) is 2. The molecular formula is C20H22N2O2. The second-order valence-electron chi connectivity index (χ2n) is 6.73. The minimum absolute atomic E-state index is 0.0263. The maximum absolute atomic E-state index is 12.8. The second-order valence-corrected chi connectivity index (χ2v) is 6.73. The summed E-state index contributed by atoms with van der Waals surface area (Å²) in [5.41, 5.74) is 3.20. The monoisotopic (exact) mass is 322 g/mol.